The molecule has 2 aromatic rings. The third kappa shape index (κ3) is 4.22. The van der Waals surface area contributed by atoms with Crippen LogP contribution in [-0.4, -0.2) is 22.5 Å². The maximum atomic E-state index is 11.3. The first-order chi connectivity index (χ1) is 10.5. The van der Waals surface area contributed by atoms with E-state index in [1.54, 1.807) is 18.3 Å². The molecular weight excluding hydrogens is 327 g/mol. The second-order valence-corrected chi connectivity index (χ2v) is 5.44. The predicted molar refractivity (Wildman–Crippen MR) is 88.3 cm³/mol. The summed E-state index contributed by atoms with van der Waals surface area (Å²) in [5.74, 6) is 0.614. The van der Waals surface area contributed by atoms with Gasteiger partial charge in [0.2, 0.25) is 0 Å². The molecule has 0 saturated heterocycles. The quantitative estimate of drug-likeness (QED) is 0.646. The lowest BCUT2D eigenvalue weighted by Gasteiger charge is -2.11. The van der Waals surface area contributed by atoms with Crippen LogP contribution in [0, 0.1) is 0 Å². The fourth-order valence-corrected chi connectivity index (χ4v) is 1.95. The zero-order valence-corrected chi connectivity index (χ0v) is 13.4. The molecule has 8 heteroatoms. The molecule has 0 aliphatic rings. The van der Waals surface area contributed by atoms with E-state index in [2.05, 4.69) is 20.7 Å². The predicted octanol–water partition coefficient (Wildman–Crippen LogP) is 3.31. The number of H-pyrrole nitrogens is 1. The summed E-state index contributed by atoms with van der Waals surface area (Å²) in [6.45, 7) is 3.85. The average molecular weight is 341 g/mol. The zero-order chi connectivity index (χ0) is 16.1. The van der Waals surface area contributed by atoms with Crippen molar-refractivity contribution in [3.05, 3.63) is 50.4 Å². The monoisotopic (exact) mass is 340 g/mol. The summed E-state index contributed by atoms with van der Waals surface area (Å²) in [7, 11) is 0. The number of hydrazone groups is 1. The molecule has 0 bridgehead atoms. The van der Waals surface area contributed by atoms with E-state index in [4.69, 9.17) is 27.9 Å². The Balaban J connectivity index is 2.09. The second kappa shape index (κ2) is 7.29. The number of hydrogen-bond acceptors (Lipinski definition) is 5. The van der Waals surface area contributed by atoms with Gasteiger partial charge in [-0.25, -0.2) is 5.10 Å². The molecule has 0 saturated carbocycles. The molecule has 0 unspecified atom stereocenters. The molecule has 0 spiro atoms. The van der Waals surface area contributed by atoms with Crippen LogP contribution in [0.2, 0.25) is 10.0 Å². The van der Waals surface area contributed by atoms with Crippen LogP contribution in [0.4, 0.5) is 5.69 Å². The number of rotatable bonds is 5. The van der Waals surface area contributed by atoms with Crippen molar-refractivity contribution in [3.8, 4) is 5.75 Å². The molecule has 2 N–H and O–H groups in total. The third-order valence-electron chi connectivity index (χ3n) is 2.51. The molecule has 1 aromatic heterocycles. The Hall–Kier alpha value is -2.05. The van der Waals surface area contributed by atoms with Crippen molar-refractivity contribution >= 4 is 35.1 Å². The molecular formula is C14H14Cl2N4O2. The van der Waals surface area contributed by atoms with Crippen molar-refractivity contribution < 1.29 is 4.74 Å². The van der Waals surface area contributed by atoms with Gasteiger partial charge in [0, 0.05) is 0 Å². The Morgan fingerprint density at radius 1 is 1.41 bits per heavy atom. The van der Waals surface area contributed by atoms with Gasteiger partial charge in [-0.1, -0.05) is 23.2 Å². The first-order valence-corrected chi connectivity index (χ1v) is 7.21. The Labute approximate surface area is 137 Å². The van der Waals surface area contributed by atoms with Crippen LogP contribution in [0.5, 0.6) is 5.75 Å². The van der Waals surface area contributed by atoms with Crippen LogP contribution in [-0.2, 0) is 0 Å². The average Bonchev–Trinajstić information content (AvgIpc) is 2.46. The molecule has 0 atom stereocenters. The van der Waals surface area contributed by atoms with Crippen LogP contribution in [0.1, 0.15) is 19.4 Å². The van der Waals surface area contributed by atoms with Crippen LogP contribution in [0.15, 0.2) is 34.3 Å². The SMILES string of the molecule is CC(C)Oc1ccc(/C=N\Nc2cn[nH]c(=O)c2Cl)cc1Cl. The lowest BCUT2D eigenvalue weighted by molar-refractivity contribution is 0.242. The number of halogens is 2. The minimum atomic E-state index is -0.486. The molecule has 116 valence electrons. The summed E-state index contributed by atoms with van der Waals surface area (Å²) in [5.41, 5.74) is 3.24. The van der Waals surface area contributed by atoms with Crippen LogP contribution >= 0.6 is 23.2 Å². The van der Waals surface area contributed by atoms with Gasteiger partial charge in [0.1, 0.15) is 16.5 Å². The molecule has 0 fully saturated rings. The van der Waals surface area contributed by atoms with E-state index >= 15 is 0 Å². The van der Waals surface area contributed by atoms with E-state index in [1.165, 1.54) is 6.20 Å². The van der Waals surface area contributed by atoms with Crippen molar-refractivity contribution in [2.45, 2.75) is 20.0 Å². The number of nitrogens with zero attached hydrogens (tertiary/aromatic N) is 2. The van der Waals surface area contributed by atoms with Gasteiger partial charge < -0.3 is 4.74 Å². The summed E-state index contributed by atoms with van der Waals surface area (Å²) < 4.78 is 5.55. The topological polar surface area (TPSA) is 79.4 Å². The largest absolute Gasteiger partial charge is 0.489 e. The molecule has 0 radical (unpaired) electrons. The van der Waals surface area contributed by atoms with Gasteiger partial charge in [-0.05, 0) is 37.6 Å². The van der Waals surface area contributed by atoms with Gasteiger partial charge in [-0.15, -0.1) is 0 Å². The van der Waals surface area contributed by atoms with E-state index in [1.807, 2.05) is 19.9 Å². The molecule has 1 heterocycles. The Bertz CT molecular complexity index is 744. The normalized spacial score (nSPS) is 11.1. The molecule has 22 heavy (non-hydrogen) atoms. The summed E-state index contributed by atoms with van der Waals surface area (Å²) in [5, 5.41) is 10.3. The van der Waals surface area contributed by atoms with E-state index < -0.39 is 5.56 Å². The number of benzene rings is 1. The van der Waals surface area contributed by atoms with Crippen molar-refractivity contribution in [2.75, 3.05) is 5.43 Å². The lowest BCUT2D eigenvalue weighted by atomic mass is 10.2. The van der Waals surface area contributed by atoms with Crippen LogP contribution < -0.4 is 15.7 Å². The highest BCUT2D eigenvalue weighted by atomic mass is 35.5. The maximum Gasteiger partial charge on any atom is 0.285 e. The Morgan fingerprint density at radius 3 is 2.86 bits per heavy atom. The number of aromatic nitrogens is 2. The van der Waals surface area contributed by atoms with Gasteiger partial charge in [-0.3, -0.25) is 10.2 Å². The van der Waals surface area contributed by atoms with Gasteiger partial charge >= 0.3 is 0 Å². The third-order valence-corrected chi connectivity index (χ3v) is 3.18. The summed E-state index contributed by atoms with van der Waals surface area (Å²) >= 11 is 11.9. The standard InChI is InChI=1S/C14H14Cl2N4O2/c1-8(2)22-12-4-3-9(5-10(12)15)6-17-19-11-7-18-20-14(21)13(11)16/h3-8H,1-2H3,(H2,19,20,21)/b17-6-. The van der Waals surface area contributed by atoms with Gasteiger partial charge in [0.05, 0.1) is 23.5 Å². The number of ether oxygens (including phenoxy) is 1. The number of nitrogens with one attached hydrogen (secondary N) is 2. The molecule has 2 rings (SSSR count). The molecule has 0 amide bonds. The van der Waals surface area contributed by atoms with Crippen molar-refractivity contribution in [3.63, 3.8) is 0 Å². The van der Waals surface area contributed by atoms with Crippen LogP contribution in [0.3, 0.4) is 0 Å². The van der Waals surface area contributed by atoms with Crippen molar-refractivity contribution in [1.82, 2.24) is 10.2 Å². The first kappa shape index (κ1) is 16.3. The van der Waals surface area contributed by atoms with Gasteiger partial charge in [0.15, 0.2) is 0 Å². The van der Waals surface area contributed by atoms with E-state index in [9.17, 15) is 4.79 Å². The molecule has 6 nitrogen and oxygen atoms in total. The smallest absolute Gasteiger partial charge is 0.285 e. The summed E-state index contributed by atoms with van der Waals surface area (Å²) in [6, 6.07) is 5.31. The highest BCUT2D eigenvalue weighted by Crippen LogP contribution is 2.25. The highest BCUT2D eigenvalue weighted by molar-refractivity contribution is 6.33. The van der Waals surface area contributed by atoms with E-state index in [-0.39, 0.29) is 11.1 Å². The second-order valence-electron chi connectivity index (χ2n) is 4.65. The van der Waals surface area contributed by atoms with E-state index in [0.29, 0.717) is 16.5 Å². The summed E-state index contributed by atoms with van der Waals surface area (Å²) in [6.07, 6.45) is 2.96. The molecule has 1 aromatic carbocycles. The Kier molecular flexibility index (Phi) is 5.41. The minimum absolute atomic E-state index is 0.00846. The van der Waals surface area contributed by atoms with E-state index in [0.717, 1.165) is 5.56 Å². The highest BCUT2D eigenvalue weighted by Gasteiger charge is 2.05. The summed E-state index contributed by atoms with van der Waals surface area (Å²) in [4.78, 5) is 11.3. The fraction of sp³-hybridized carbons (Fsp3) is 0.214. The van der Waals surface area contributed by atoms with Crippen molar-refractivity contribution in [1.29, 1.82) is 0 Å². The minimum Gasteiger partial charge on any atom is -0.489 e. The maximum absolute atomic E-state index is 11.3. The van der Waals surface area contributed by atoms with Crippen molar-refractivity contribution in [2.24, 2.45) is 5.10 Å². The molecule has 0 aliphatic carbocycles. The number of anilines is 1. The zero-order valence-electron chi connectivity index (χ0n) is 11.9. The molecule has 0 aliphatic heterocycles. The number of hydrogen-bond donors (Lipinski definition) is 2. The van der Waals surface area contributed by atoms with Gasteiger partial charge in [0.25, 0.3) is 5.56 Å². The number of aromatic amines is 1. The fourth-order valence-electron chi connectivity index (χ4n) is 1.58. The Morgan fingerprint density at radius 2 is 2.18 bits per heavy atom. The van der Waals surface area contributed by atoms with Crippen LogP contribution in [0.25, 0.3) is 0 Å². The lowest BCUT2D eigenvalue weighted by Crippen LogP contribution is -2.10. The van der Waals surface area contributed by atoms with Gasteiger partial charge in [-0.2, -0.15) is 10.2 Å². The first-order valence-electron chi connectivity index (χ1n) is 6.46.